The van der Waals surface area contributed by atoms with E-state index in [2.05, 4.69) is 23.3 Å². The minimum Gasteiger partial charge on any atom is -0.508 e. The van der Waals surface area contributed by atoms with Crippen LogP contribution in [0.15, 0.2) is 24.3 Å². The summed E-state index contributed by atoms with van der Waals surface area (Å²) in [6, 6.07) is 1.36. The highest BCUT2D eigenvalue weighted by Gasteiger charge is 2.38. The molecular formula is C21H28N4O8S. The fourth-order valence-corrected chi connectivity index (χ4v) is 3.85. The number of nitrogens with zero attached hydrogens (tertiary/aromatic N) is 1. The second-order valence-corrected chi connectivity index (χ2v) is 8.27. The molecule has 1 aromatic rings. The number of carbonyl (C=O) groups excluding carboxylic acids is 3. The van der Waals surface area contributed by atoms with Crippen molar-refractivity contribution < 1.29 is 39.3 Å². The summed E-state index contributed by atoms with van der Waals surface area (Å²) in [5.41, 5.74) is 6.77. The first-order valence-corrected chi connectivity index (χ1v) is 11.2. The number of hydrogen-bond acceptors (Lipinski definition) is 8. The summed E-state index contributed by atoms with van der Waals surface area (Å²) in [5.74, 6) is -5.11. The number of nitrogens with two attached hydrogens (primary N) is 1. The maximum absolute atomic E-state index is 12.9. The monoisotopic (exact) mass is 496 g/mol. The van der Waals surface area contributed by atoms with E-state index in [1.54, 1.807) is 12.1 Å². The molecular weight excluding hydrogens is 468 g/mol. The van der Waals surface area contributed by atoms with Crippen molar-refractivity contribution in [3.8, 4) is 5.75 Å². The Morgan fingerprint density at radius 1 is 1.09 bits per heavy atom. The van der Waals surface area contributed by atoms with E-state index in [9.17, 15) is 29.1 Å². The number of phenolic OH excluding ortho intramolecular Hbond substituents is 1. The van der Waals surface area contributed by atoms with Crippen LogP contribution in [0.25, 0.3) is 0 Å². The highest BCUT2D eigenvalue weighted by atomic mass is 32.1. The van der Waals surface area contributed by atoms with Crippen molar-refractivity contribution in [2.75, 3.05) is 12.3 Å². The van der Waals surface area contributed by atoms with Gasteiger partial charge in [0.15, 0.2) is 0 Å². The molecule has 1 fully saturated rings. The van der Waals surface area contributed by atoms with Gasteiger partial charge in [0, 0.05) is 12.3 Å². The molecule has 13 heteroatoms. The number of amides is 3. The van der Waals surface area contributed by atoms with E-state index in [4.69, 9.17) is 15.9 Å². The summed E-state index contributed by atoms with van der Waals surface area (Å²) in [4.78, 5) is 61.9. The summed E-state index contributed by atoms with van der Waals surface area (Å²) in [7, 11) is 0. The fraction of sp³-hybridized carbons (Fsp3) is 0.476. The number of carbonyl (C=O) groups is 5. The van der Waals surface area contributed by atoms with Crippen molar-refractivity contribution in [3.05, 3.63) is 29.8 Å². The second-order valence-electron chi connectivity index (χ2n) is 7.91. The molecule has 186 valence electrons. The smallest absolute Gasteiger partial charge is 0.327 e. The lowest BCUT2D eigenvalue weighted by molar-refractivity contribution is -0.144. The van der Waals surface area contributed by atoms with Gasteiger partial charge in [-0.15, -0.1) is 0 Å². The molecule has 1 saturated heterocycles. The quantitative estimate of drug-likeness (QED) is 0.182. The van der Waals surface area contributed by atoms with Gasteiger partial charge >= 0.3 is 11.9 Å². The number of benzene rings is 1. The number of thiol groups is 1. The number of rotatable bonds is 11. The first kappa shape index (κ1) is 26.9. The van der Waals surface area contributed by atoms with Crippen LogP contribution in [-0.4, -0.2) is 86.3 Å². The highest BCUT2D eigenvalue weighted by molar-refractivity contribution is 7.80. The molecule has 0 radical (unpaired) electrons. The van der Waals surface area contributed by atoms with Gasteiger partial charge in [0.2, 0.25) is 17.7 Å². The Hall–Kier alpha value is -3.32. The molecule has 1 aliphatic heterocycles. The van der Waals surface area contributed by atoms with Crippen molar-refractivity contribution in [3.63, 3.8) is 0 Å². The van der Waals surface area contributed by atoms with Crippen LogP contribution >= 0.6 is 12.6 Å². The number of phenols is 1. The molecule has 0 aromatic heterocycles. The molecule has 4 unspecified atom stereocenters. The number of nitrogens with one attached hydrogen (secondary N) is 2. The van der Waals surface area contributed by atoms with Gasteiger partial charge in [0.1, 0.15) is 23.9 Å². The summed E-state index contributed by atoms with van der Waals surface area (Å²) >= 11 is 3.84. The zero-order chi connectivity index (χ0) is 25.4. The van der Waals surface area contributed by atoms with E-state index in [1.807, 2.05) is 0 Å². The molecule has 0 saturated carbocycles. The van der Waals surface area contributed by atoms with Crippen LogP contribution in [0.5, 0.6) is 5.75 Å². The maximum atomic E-state index is 12.9. The molecule has 1 aliphatic rings. The average Bonchev–Trinajstić information content (AvgIpc) is 3.27. The van der Waals surface area contributed by atoms with Gasteiger partial charge in [-0.1, -0.05) is 12.1 Å². The Bertz CT molecular complexity index is 926. The largest absolute Gasteiger partial charge is 0.508 e. The number of hydrogen-bond donors (Lipinski definition) is 7. The maximum Gasteiger partial charge on any atom is 0.327 e. The molecule has 34 heavy (non-hydrogen) atoms. The number of aromatic hydroxyl groups is 1. The van der Waals surface area contributed by atoms with Crippen LogP contribution in [0.2, 0.25) is 0 Å². The van der Waals surface area contributed by atoms with Crippen LogP contribution in [0.1, 0.15) is 24.8 Å². The number of likely N-dealkylation sites (tertiary alicyclic amines) is 1. The molecule has 4 atom stereocenters. The molecule has 0 bridgehead atoms. The first-order valence-electron chi connectivity index (χ1n) is 10.5. The second kappa shape index (κ2) is 12.2. The Kier molecular flexibility index (Phi) is 9.69. The van der Waals surface area contributed by atoms with Crippen molar-refractivity contribution in [1.29, 1.82) is 0 Å². The van der Waals surface area contributed by atoms with Crippen LogP contribution in [0, 0.1) is 0 Å². The molecule has 12 nitrogen and oxygen atoms in total. The number of carboxylic acids is 2. The molecule has 3 amide bonds. The number of aliphatic carboxylic acids is 2. The summed E-state index contributed by atoms with van der Waals surface area (Å²) in [6.07, 6.45) is 0.192. The first-order chi connectivity index (χ1) is 16.0. The topological polar surface area (TPSA) is 199 Å². The molecule has 1 aromatic carbocycles. The van der Waals surface area contributed by atoms with Gasteiger partial charge < -0.3 is 36.6 Å². The molecule has 0 aliphatic carbocycles. The van der Waals surface area contributed by atoms with Gasteiger partial charge in [0.25, 0.3) is 0 Å². The van der Waals surface area contributed by atoms with Crippen molar-refractivity contribution in [1.82, 2.24) is 15.5 Å². The Labute approximate surface area is 200 Å². The van der Waals surface area contributed by atoms with Crippen molar-refractivity contribution >= 4 is 42.3 Å². The lowest BCUT2D eigenvalue weighted by Crippen LogP contribution is -2.57. The normalized spacial score (nSPS) is 17.9. The van der Waals surface area contributed by atoms with Gasteiger partial charge in [-0.2, -0.15) is 12.6 Å². The molecule has 2 rings (SSSR count). The minimum absolute atomic E-state index is 0.0731. The van der Waals surface area contributed by atoms with Crippen LogP contribution in [0.3, 0.4) is 0 Å². The van der Waals surface area contributed by atoms with E-state index < -0.39 is 60.2 Å². The summed E-state index contributed by atoms with van der Waals surface area (Å²) in [5, 5.41) is 32.0. The molecule has 0 spiro atoms. The average molecular weight is 497 g/mol. The third-order valence-electron chi connectivity index (χ3n) is 5.36. The predicted octanol–water partition coefficient (Wildman–Crippen LogP) is -1.29. The number of carboxylic acid groups (broad SMARTS) is 2. The van der Waals surface area contributed by atoms with E-state index in [1.165, 1.54) is 17.0 Å². The van der Waals surface area contributed by atoms with E-state index >= 15 is 0 Å². The zero-order valence-electron chi connectivity index (χ0n) is 18.2. The van der Waals surface area contributed by atoms with Gasteiger partial charge in [0.05, 0.1) is 12.5 Å². The van der Waals surface area contributed by atoms with Crippen LogP contribution in [-0.2, 0) is 30.4 Å². The van der Waals surface area contributed by atoms with Gasteiger partial charge in [-0.05, 0) is 37.0 Å². The summed E-state index contributed by atoms with van der Waals surface area (Å²) in [6.45, 7) is 0.261. The van der Waals surface area contributed by atoms with E-state index in [0.29, 0.717) is 18.4 Å². The molecule has 7 N–H and O–H groups in total. The zero-order valence-corrected chi connectivity index (χ0v) is 19.1. The van der Waals surface area contributed by atoms with Crippen LogP contribution in [0.4, 0.5) is 0 Å². The fourth-order valence-electron chi connectivity index (χ4n) is 3.60. The third kappa shape index (κ3) is 7.35. The van der Waals surface area contributed by atoms with Crippen molar-refractivity contribution in [2.45, 2.75) is 49.9 Å². The Morgan fingerprint density at radius 2 is 1.74 bits per heavy atom. The Balaban J connectivity index is 2.07. The standard InChI is InChI=1S/C21H28N4O8S/c22-13(8-11-3-5-12(26)6-4-11)20(31)25-7-1-2-16(25)19(30)23-14(9-17(27)28)18(29)24-15(10-34)21(32)33/h3-6,13-16,26,34H,1-2,7-10,22H2,(H,23,30)(H,24,29)(H,27,28)(H,32,33). The summed E-state index contributed by atoms with van der Waals surface area (Å²) < 4.78 is 0. The predicted molar refractivity (Wildman–Crippen MR) is 122 cm³/mol. The third-order valence-corrected chi connectivity index (χ3v) is 5.72. The van der Waals surface area contributed by atoms with Crippen molar-refractivity contribution in [2.24, 2.45) is 5.73 Å². The molecule has 1 heterocycles. The van der Waals surface area contributed by atoms with E-state index in [0.717, 1.165) is 0 Å². The lowest BCUT2D eigenvalue weighted by Gasteiger charge is -2.28. The van der Waals surface area contributed by atoms with Crippen LogP contribution < -0.4 is 16.4 Å². The highest BCUT2D eigenvalue weighted by Crippen LogP contribution is 2.20. The van der Waals surface area contributed by atoms with Gasteiger partial charge in [-0.25, -0.2) is 4.79 Å². The minimum atomic E-state index is -1.55. The lowest BCUT2D eigenvalue weighted by atomic mass is 10.0. The SMILES string of the molecule is NC(Cc1ccc(O)cc1)C(=O)N1CCCC1C(=O)NC(CC(=O)O)C(=O)NC(CS)C(=O)O. The van der Waals surface area contributed by atoms with E-state index in [-0.39, 0.29) is 24.5 Å². The Morgan fingerprint density at radius 3 is 2.29 bits per heavy atom. The van der Waals surface area contributed by atoms with Gasteiger partial charge in [-0.3, -0.25) is 19.2 Å².